The predicted molar refractivity (Wildman–Crippen MR) is 73.8 cm³/mol. The van der Waals surface area contributed by atoms with Gasteiger partial charge in [0.15, 0.2) is 0 Å². The quantitative estimate of drug-likeness (QED) is 0.931. The number of hydrogen-bond acceptors (Lipinski definition) is 3. The van der Waals surface area contributed by atoms with Crippen LogP contribution in [-0.4, -0.2) is 19.9 Å². The van der Waals surface area contributed by atoms with E-state index >= 15 is 0 Å². The summed E-state index contributed by atoms with van der Waals surface area (Å²) in [6.45, 7) is 0. The zero-order valence-electron chi connectivity index (χ0n) is 11.7. The molecule has 0 amide bonds. The molecule has 1 aliphatic carbocycles. The maximum Gasteiger partial charge on any atom is 0.150 e. The van der Waals surface area contributed by atoms with Gasteiger partial charge in [-0.15, -0.1) is 0 Å². The number of rotatable bonds is 3. The minimum atomic E-state index is -3.20. The summed E-state index contributed by atoms with van der Waals surface area (Å²) >= 11 is 0. The van der Waals surface area contributed by atoms with Crippen LogP contribution in [0.25, 0.3) is 0 Å². The molecular weight excluding hydrogens is 303 g/mol. The molecule has 0 bridgehead atoms. The summed E-state index contributed by atoms with van der Waals surface area (Å²) in [5, 5.41) is -0.533. The van der Waals surface area contributed by atoms with Gasteiger partial charge in [0.1, 0.15) is 27.3 Å². The van der Waals surface area contributed by atoms with Gasteiger partial charge in [0.05, 0.1) is 5.25 Å². The van der Waals surface area contributed by atoms with Crippen molar-refractivity contribution in [3.63, 3.8) is 0 Å². The van der Waals surface area contributed by atoms with Crippen LogP contribution in [0, 0.1) is 23.4 Å². The molecule has 0 aromatic heterocycles. The van der Waals surface area contributed by atoms with Crippen molar-refractivity contribution < 1.29 is 21.6 Å². The van der Waals surface area contributed by atoms with Gasteiger partial charge in [-0.2, -0.15) is 0 Å². The molecule has 2 N–H and O–H groups in total. The fourth-order valence-corrected chi connectivity index (χ4v) is 4.20. The highest BCUT2D eigenvalue weighted by Gasteiger charge is 2.34. The fraction of sp³-hybridized carbons (Fsp3) is 0.571. The Morgan fingerprint density at radius 2 is 1.76 bits per heavy atom. The van der Waals surface area contributed by atoms with E-state index in [4.69, 9.17) is 5.73 Å². The summed E-state index contributed by atoms with van der Waals surface area (Å²) in [5.41, 5.74) is 5.56. The first-order chi connectivity index (χ1) is 9.70. The molecule has 1 fully saturated rings. The van der Waals surface area contributed by atoms with Crippen molar-refractivity contribution in [3.05, 3.63) is 35.1 Å². The van der Waals surface area contributed by atoms with Crippen molar-refractivity contribution in [2.45, 2.75) is 37.0 Å². The van der Waals surface area contributed by atoms with E-state index in [0.717, 1.165) is 6.26 Å². The highest BCUT2D eigenvalue weighted by molar-refractivity contribution is 7.91. The normalized spacial score (nSPS) is 24.8. The van der Waals surface area contributed by atoms with E-state index < -0.39 is 38.6 Å². The maximum absolute atomic E-state index is 13.8. The van der Waals surface area contributed by atoms with Gasteiger partial charge >= 0.3 is 0 Å². The molecular formula is C14H18F3NO2S. The topological polar surface area (TPSA) is 60.2 Å². The van der Waals surface area contributed by atoms with Crippen molar-refractivity contribution in [1.29, 1.82) is 0 Å². The molecule has 3 atom stereocenters. The number of benzene rings is 1. The maximum atomic E-state index is 13.8. The summed E-state index contributed by atoms with van der Waals surface area (Å²) in [6.07, 6.45) is 3.21. The highest BCUT2D eigenvalue weighted by atomic mass is 32.2. The molecule has 0 aliphatic heterocycles. The van der Waals surface area contributed by atoms with Crippen molar-refractivity contribution in [2.24, 2.45) is 11.7 Å². The van der Waals surface area contributed by atoms with Gasteiger partial charge < -0.3 is 5.73 Å². The van der Waals surface area contributed by atoms with Crippen molar-refractivity contribution in [2.75, 3.05) is 6.26 Å². The van der Waals surface area contributed by atoms with Crippen LogP contribution in [0.15, 0.2) is 12.1 Å². The first-order valence-electron chi connectivity index (χ1n) is 6.79. The van der Waals surface area contributed by atoms with Gasteiger partial charge in [-0.25, -0.2) is 21.6 Å². The second kappa shape index (κ2) is 5.96. The summed E-state index contributed by atoms with van der Waals surface area (Å²) in [5.74, 6) is -3.39. The molecule has 3 nitrogen and oxygen atoms in total. The number of halogens is 3. The lowest BCUT2D eigenvalue weighted by Crippen LogP contribution is -2.33. The molecule has 1 saturated carbocycles. The van der Waals surface area contributed by atoms with Crippen LogP contribution in [-0.2, 0) is 9.84 Å². The number of nitrogens with two attached hydrogens (primary N) is 1. The van der Waals surface area contributed by atoms with Crippen LogP contribution in [0.2, 0.25) is 0 Å². The highest BCUT2D eigenvalue weighted by Crippen LogP contribution is 2.37. The van der Waals surface area contributed by atoms with Gasteiger partial charge in [0.2, 0.25) is 0 Å². The number of hydrogen-bond donors (Lipinski definition) is 1. The van der Waals surface area contributed by atoms with E-state index in [1.807, 2.05) is 0 Å². The first-order valence-corrected chi connectivity index (χ1v) is 8.74. The largest absolute Gasteiger partial charge is 0.324 e. The van der Waals surface area contributed by atoms with E-state index in [-0.39, 0.29) is 17.9 Å². The molecule has 1 aliphatic rings. The average Bonchev–Trinajstić information content (AvgIpc) is 2.36. The third kappa shape index (κ3) is 3.58. The van der Waals surface area contributed by atoms with Gasteiger partial charge in [-0.1, -0.05) is 6.42 Å². The van der Waals surface area contributed by atoms with E-state index in [9.17, 15) is 21.6 Å². The second-order valence-corrected chi connectivity index (χ2v) is 8.01. The monoisotopic (exact) mass is 321 g/mol. The van der Waals surface area contributed by atoms with Gasteiger partial charge in [-0.3, -0.25) is 0 Å². The Kier molecular flexibility index (Phi) is 4.63. The zero-order chi connectivity index (χ0) is 15.8. The smallest absolute Gasteiger partial charge is 0.150 e. The molecule has 1 aromatic rings. The molecule has 118 valence electrons. The molecule has 1 aromatic carbocycles. The van der Waals surface area contributed by atoms with Crippen molar-refractivity contribution in [1.82, 2.24) is 0 Å². The molecule has 2 rings (SSSR count). The van der Waals surface area contributed by atoms with E-state index in [2.05, 4.69) is 0 Å². The third-order valence-corrected chi connectivity index (χ3v) is 5.80. The molecule has 7 heteroatoms. The molecule has 0 heterocycles. The van der Waals surface area contributed by atoms with Crippen LogP contribution < -0.4 is 5.73 Å². The fourth-order valence-electron chi connectivity index (χ4n) is 3.00. The average molecular weight is 321 g/mol. The summed E-state index contributed by atoms with van der Waals surface area (Å²) < 4.78 is 63.7. The Hall–Kier alpha value is -1.08. The van der Waals surface area contributed by atoms with Gasteiger partial charge in [-0.05, 0) is 25.2 Å². The third-order valence-electron chi connectivity index (χ3n) is 4.16. The summed E-state index contributed by atoms with van der Waals surface area (Å²) in [4.78, 5) is 0. The van der Waals surface area contributed by atoms with E-state index in [1.54, 1.807) is 0 Å². The van der Waals surface area contributed by atoms with E-state index in [0.29, 0.717) is 31.4 Å². The van der Waals surface area contributed by atoms with Gasteiger partial charge in [0.25, 0.3) is 0 Å². The lowest BCUT2D eigenvalue weighted by atomic mass is 9.81. The Balaban J connectivity index is 2.26. The lowest BCUT2D eigenvalue weighted by molar-refractivity contribution is 0.298. The number of sulfone groups is 1. The minimum Gasteiger partial charge on any atom is -0.324 e. The molecule has 0 spiro atoms. The van der Waals surface area contributed by atoms with Crippen LogP contribution in [0.5, 0.6) is 0 Å². The predicted octanol–water partition coefficient (Wildman–Crippen LogP) is 2.71. The Labute approximate surface area is 122 Å². The van der Waals surface area contributed by atoms with Crippen LogP contribution in [0.4, 0.5) is 13.2 Å². The molecule has 0 saturated heterocycles. The zero-order valence-corrected chi connectivity index (χ0v) is 12.5. The van der Waals surface area contributed by atoms with Crippen LogP contribution in [0.1, 0.15) is 37.3 Å². The summed E-state index contributed by atoms with van der Waals surface area (Å²) in [7, 11) is -3.20. The SMILES string of the molecule is CS(=O)(=O)C1CCCC(C(N)c2c(F)cc(F)cc2F)C1. The minimum absolute atomic E-state index is 0.274. The first kappa shape index (κ1) is 16.3. The molecule has 0 radical (unpaired) electrons. The van der Waals surface area contributed by atoms with Crippen LogP contribution >= 0.6 is 0 Å². The second-order valence-electron chi connectivity index (χ2n) is 5.69. The van der Waals surface area contributed by atoms with Crippen molar-refractivity contribution >= 4 is 9.84 Å². The Morgan fingerprint density at radius 3 is 2.29 bits per heavy atom. The van der Waals surface area contributed by atoms with E-state index in [1.165, 1.54) is 0 Å². The molecule has 3 unspecified atom stereocenters. The lowest BCUT2D eigenvalue weighted by Gasteiger charge is -2.32. The van der Waals surface area contributed by atoms with Crippen molar-refractivity contribution in [3.8, 4) is 0 Å². The Bertz CT molecular complexity index is 610. The van der Waals surface area contributed by atoms with Gasteiger partial charge in [0, 0.05) is 30.0 Å². The molecule has 21 heavy (non-hydrogen) atoms. The standard InChI is InChI=1S/C14H18F3NO2S/c1-21(19,20)10-4-2-3-8(5-10)14(18)13-11(16)6-9(15)7-12(13)17/h6-8,10,14H,2-5,18H2,1H3. The Morgan fingerprint density at radius 1 is 1.19 bits per heavy atom. The summed E-state index contributed by atoms with van der Waals surface area (Å²) in [6, 6.07) is 0.208. The van der Waals surface area contributed by atoms with Crippen LogP contribution in [0.3, 0.4) is 0 Å².